The zero-order valence-electron chi connectivity index (χ0n) is 27.2. The minimum Gasteiger partial charge on any atom is -0.339 e. The first-order chi connectivity index (χ1) is 22.8. The Balaban J connectivity index is 0.000000186. The maximum Gasteiger partial charge on any atom is 0.316 e. The number of hydrogen-bond donors (Lipinski definition) is 1. The maximum atomic E-state index is 12.6. The molecule has 1 N–H and O–H groups in total. The molecule has 4 aliphatic heterocycles. The van der Waals surface area contributed by atoms with Gasteiger partial charge in [-0.05, 0) is 85.5 Å². The van der Waals surface area contributed by atoms with Crippen LogP contribution in [-0.4, -0.2) is 120 Å². The van der Waals surface area contributed by atoms with Gasteiger partial charge >= 0.3 is 5.37 Å². The van der Waals surface area contributed by atoms with Gasteiger partial charge in [-0.1, -0.05) is 35.3 Å². The lowest BCUT2D eigenvalue weighted by atomic mass is 10.1. The number of piperazine rings is 2. The first kappa shape index (κ1) is 35.9. The summed E-state index contributed by atoms with van der Waals surface area (Å²) in [4.78, 5) is 46.4. The molecule has 2 aromatic rings. The third-order valence-corrected chi connectivity index (χ3v) is 10.4. The molecule has 0 radical (unpaired) electrons. The normalized spacial score (nSPS) is 19.6. The molecule has 4 heterocycles. The Kier molecular flexibility index (Phi) is 13.6. The minimum absolute atomic E-state index is 0.0717. The maximum absolute atomic E-state index is 12.6. The summed E-state index contributed by atoms with van der Waals surface area (Å²) >= 11 is 18.4. The van der Waals surface area contributed by atoms with Gasteiger partial charge in [0.15, 0.2) is 0 Å². The van der Waals surface area contributed by atoms with Crippen molar-refractivity contribution < 1.29 is 14.4 Å². The van der Waals surface area contributed by atoms with Gasteiger partial charge in [-0.15, -0.1) is 0 Å². The summed E-state index contributed by atoms with van der Waals surface area (Å²) in [6, 6.07) is 11.4. The van der Waals surface area contributed by atoms with E-state index in [1.807, 2.05) is 40.1 Å². The zero-order chi connectivity index (χ0) is 33.2. The molecule has 0 aliphatic carbocycles. The topological polar surface area (TPSA) is 79.4 Å². The minimum atomic E-state index is -0.390. The van der Waals surface area contributed by atoms with Crippen LogP contribution in [0.2, 0.25) is 10.0 Å². The summed E-state index contributed by atoms with van der Waals surface area (Å²) in [7, 11) is 0. The van der Waals surface area contributed by atoms with Crippen molar-refractivity contribution >= 4 is 52.0 Å². The van der Waals surface area contributed by atoms with Crippen molar-refractivity contribution in [3.63, 3.8) is 0 Å². The van der Waals surface area contributed by atoms with Crippen molar-refractivity contribution in [2.24, 2.45) is 0 Å². The Labute approximate surface area is 294 Å². The lowest BCUT2D eigenvalue weighted by Crippen LogP contribution is -2.46. The molecule has 4 fully saturated rings. The van der Waals surface area contributed by atoms with Crippen molar-refractivity contribution in [3.8, 4) is 0 Å². The second kappa shape index (κ2) is 17.8. The standard InChI is InChI=1S/C18H23Cl2N3O2.C17H24ClN3O/c19-16-12-14(17(24)22-6-2-1-3-7-22)4-5-15(16)13-21-8-10-23(11-9-21)18(20)25;18-16-12-14(17(22)21-8-2-1-3-9-21)4-5-15(16)13-20-10-6-19-7-11-20/h4-5,12H,1-3,6-11,13H2;4-5,12,19H,1-3,6-11,13H2. The quantitative estimate of drug-likeness (QED) is 0.302. The molecular formula is C35H47Cl3N6O3. The van der Waals surface area contributed by atoms with E-state index in [1.165, 1.54) is 12.8 Å². The van der Waals surface area contributed by atoms with Gasteiger partial charge in [0, 0.05) is 113 Å². The van der Waals surface area contributed by atoms with Crippen molar-refractivity contribution in [2.75, 3.05) is 78.5 Å². The molecule has 12 heteroatoms. The molecule has 47 heavy (non-hydrogen) atoms. The fraction of sp³-hybridized carbons (Fsp3) is 0.571. The van der Waals surface area contributed by atoms with Gasteiger partial charge in [-0.2, -0.15) is 0 Å². The first-order valence-corrected chi connectivity index (χ1v) is 18.2. The highest BCUT2D eigenvalue weighted by molar-refractivity contribution is 6.62. The van der Waals surface area contributed by atoms with E-state index in [2.05, 4.69) is 15.1 Å². The SMILES string of the molecule is O=C(Cl)N1CCN(Cc2ccc(C(=O)N3CCCCC3)cc2Cl)CC1.O=C(c1ccc(CN2CCNCC2)c(Cl)c1)N1CCCCC1. The van der Waals surface area contributed by atoms with Crippen molar-refractivity contribution in [3.05, 3.63) is 68.7 Å². The van der Waals surface area contributed by atoms with E-state index in [9.17, 15) is 14.4 Å². The second-order valence-electron chi connectivity index (χ2n) is 12.9. The van der Waals surface area contributed by atoms with Crippen LogP contribution < -0.4 is 5.32 Å². The van der Waals surface area contributed by atoms with Crippen LogP contribution in [0.4, 0.5) is 4.79 Å². The van der Waals surface area contributed by atoms with Gasteiger partial charge < -0.3 is 20.0 Å². The third kappa shape index (κ3) is 10.3. The molecule has 0 unspecified atom stereocenters. The third-order valence-electron chi connectivity index (χ3n) is 9.51. The first-order valence-electron chi connectivity index (χ1n) is 17.0. The van der Waals surface area contributed by atoms with Crippen molar-refractivity contribution in [2.45, 2.75) is 51.6 Å². The molecular weight excluding hydrogens is 659 g/mol. The average Bonchev–Trinajstić information content (AvgIpc) is 3.11. The number of likely N-dealkylation sites (tertiary alicyclic amines) is 2. The number of nitrogens with one attached hydrogen (secondary N) is 1. The molecule has 9 nitrogen and oxygen atoms in total. The van der Waals surface area contributed by atoms with E-state index < -0.39 is 5.37 Å². The van der Waals surface area contributed by atoms with Crippen LogP contribution in [0.5, 0.6) is 0 Å². The van der Waals surface area contributed by atoms with Crippen LogP contribution >= 0.6 is 34.8 Å². The van der Waals surface area contributed by atoms with Crippen LogP contribution in [0.3, 0.4) is 0 Å². The van der Waals surface area contributed by atoms with Crippen LogP contribution in [-0.2, 0) is 13.1 Å². The van der Waals surface area contributed by atoms with Crippen LogP contribution in [0.1, 0.15) is 70.4 Å². The van der Waals surface area contributed by atoms with Crippen molar-refractivity contribution in [1.29, 1.82) is 0 Å². The number of rotatable bonds is 6. The van der Waals surface area contributed by atoms with Gasteiger partial charge in [0.25, 0.3) is 11.8 Å². The molecule has 0 atom stereocenters. The van der Waals surface area contributed by atoms with E-state index in [4.69, 9.17) is 34.8 Å². The lowest BCUT2D eigenvalue weighted by Gasteiger charge is -2.33. The summed E-state index contributed by atoms with van der Waals surface area (Å²) in [6.07, 6.45) is 6.81. The summed E-state index contributed by atoms with van der Waals surface area (Å²) in [5.74, 6) is 0.192. The number of amides is 3. The number of piperidine rings is 2. The summed E-state index contributed by atoms with van der Waals surface area (Å²) < 4.78 is 0. The molecule has 0 spiro atoms. The van der Waals surface area contributed by atoms with Gasteiger partial charge in [0.1, 0.15) is 0 Å². The fourth-order valence-corrected chi connectivity index (χ4v) is 7.26. The Morgan fingerprint density at radius 2 is 0.979 bits per heavy atom. The van der Waals surface area contributed by atoms with Gasteiger partial charge in [-0.25, -0.2) is 0 Å². The number of hydrogen-bond acceptors (Lipinski definition) is 6. The molecule has 0 bridgehead atoms. The van der Waals surface area contributed by atoms with E-state index in [0.29, 0.717) is 35.2 Å². The summed E-state index contributed by atoms with van der Waals surface area (Å²) in [5, 5.41) is 4.29. The molecule has 6 rings (SSSR count). The summed E-state index contributed by atoms with van der Waals surface area (Å²) in [6.45, 7) is 11.9. The molecule has 0 aromatic heterocycles. The van der Waals surface area contributed by atoms with E-state index in [-0.39, 0.29) is 11.8 Å². The largest absolute Gasteiger partial charge is 0.339 e. The Bertz CT molecular complexity index is 1370. The number of nitrogens with zero attached hydrogens (tertiary/aromatic N) is 5. The second-order valence-corrected chi connectivity index (χ2v) is 14.0. The summed E-state index contributed by atoms with van der Waals surface area (Å²) in [5.41, 5.74) is 3.49. The number of carbonyl (C=O) groups is 3. The fourth-order valence-electron chi connectivity index (χ4n) is 6.61. The smallest absolute Gasteiger partial charge is 0.316 e. The van der Waals surface area contributed by atoms with E-state index in [0.717, 1.165) is 114 Å². The van der Waals surface area contributed by atoms with E-state index in [1.54, 1.807) is 11.0 Å². The Morgan fingerprint density at radius 3 is 1.38 bits per heavy atom. The zero-order valence-corrected chi connectivity index (χ0v) is 29.5. The number of halogens is 3. The Morgan fingerprint density at radius 1 is 0.553 bits per heavy atom. The molecule has 3 amide bonds. The highest BCUT2D eigenvalue weighted by Gasteiger charge is 2.23. The van der Waals surface area contributed by atoms with Crippen LogP contribution in [0, 0.1) is 0 Å². The molecule has 2 aromatic carbocycles. The molecule has 4 saturated heterocycles. The number of benzene rings is 2. The number of carbonyl (C=O) groups excluding carboxylic acids is 3. The Hall–Kier alpha value is -2.40. The highest BCUT2D eigenvalue weighted by atomic mass is 35.5. The van der Waals surface area contributed by atoms with Crippen molar-refractivity contribution in [1.82, 2.24) is 29.8 Å². The predicted octanol–water partition coefficient (Wildman–Crippen LogP) is 5.81. The predicted molar refractivity (Wildman–Crippen MR) is 189 cm³/mol. The van der Waals surface area contributed by atoms with Gasteiger partial charge in [0.2, 0.25) is 0 Å². The van der Waals surface area contributed by atoms with E-state index >= 15 is 0 Å². The van der Waals surface area contributed by atoms with Gasteiger partial charge in [-0.3, -0.25) is 24.2 Å². The molecule has 0 saturated carbocycles. The monoisotopic (exact) mass is 704 g/mol. The lowest BCUT2D eigenvalue weighted by molar-refractivity contribution is 0.0717. The highest BCUT2D eigenvalue weighted by Crippen LogP contribution is 2.24. The van der Waals surface area contributed by atoms with Gasteiger partial charge in [0.05, 0.1) is 0 Å². The molecule has 4 aliphatic rings. The van der Waals surface area contributed by atoms with Crippen LogP contribution in [0.15, 0.2) is 36.4 Å². The molecule has 256 valence electrons. The average molecular weight is 706 g/mol. The van der Waals surface area contributed by atoms with Crippen LogP contribution in [0.25, 0.3) is 0 Å².